The second kappa shape index (κ2) is 6.90. The van der Waals surface area contributed by atoms with Crippen molar-refractivity contribution in [2.75, 3.05) is 12.4 Å². The Kier molecular flexibility index (Phi) is 5.20. The number of hydrogen-bond donors (Lipinski definition) is 1. The van der Waals surface area contributed by atoms with Gasteiger partial charge < -0.3 is 10.1 Å². The van der Waals surface area contributed by atoms with E-state index < -0.39 is 0 Å². The van der Waals surface area contributed by atoms with E-state index in [4.69, 9.17) is 4.74 Å². The highest BCUT2D eigenvalue weighted by Crippen LogP contribution is 2.24. The predicted octanol–water partition coefficient (Wildman–Crippen LogP) is 4.61. The highest BCUT2D eigenvalue weighted by atomic mass is 79.9. The van der Waals surface area contributed by atoms with E-state index in [2.05, 4.69) is 37.2 Å². The summed E-state index contributed by atoms with van der Waals surface area (Å²) in [5, 5.41) is 3.28. The molecule has 20 heavy (non-hydrogen) atoms. The van der Waals surface area contributed by atoms with Gasteiger partial charge in [-0.2, -0.15) is 0 Å². The lowest BCUT2D eigenvalue weighted by molar-refractivity contribution is 0.0601. The van der Waals surface area contributed by atoms with Gasteiger partial charge in [0.1, 0.15) is 0 Å². The summed E-state index contributed by atoms with van der Waals surface area (Å²) in [6.45, 7) is 0.677. The minimum atomic E-state index is -0.333. The number of nitrogens with one attached hydrogen (secondary N) is 1. The maximum Gasteiger partial charge on any atom is 0.337 e. The topological polar surface area (TPSA) is 38.3 Å². The van der Waals surface area contributed by atoms with Gasteiger partial charge in [-0.1, -0.05) is 12.1 Å². The molecular weight excluding hydrogens is 386 g/mol. The van der Waals surface area contributed by atoms with E-state index in [1.54, 1.807) is 12.1 Å². The quantitative estimate of drug-likeness (QED) is 0.764. The SMILES string of the molecule is COC(=O)c1cccc(NCc2ccc(Br)c(Br)c2)c1. The summed E-state index contributed by atoms with van der Waals surface area (Å²) in [6.07, 6.45) is 0. The molecule has 0 heterocycles. The fourth-order valence-corrected chi connectivity index (χ4v) is 2.40. The van der Waals surface area contributed by atoms with E-state index in [1.807, 2.05) is 30.3 Å². The van der Waals surface area contributed by atoms with Crippen LogP contribution in [-0.2, 0) is 11.3 Å². The smallest absolute Gasteiger partial charge is 0.337 e. The summed E-state index contributed by atoms with van der Waals surface area (Å²) in [7, 11) is 1.38. The fraction of sp³-hybridized carbons (Fsp3) is 0.133. The summed E-state index contributed by atoms with van der Waals surface area (Å²) < 4.78 is 6.74. The first kappa shape index (κ1) is 15.1. The fourth-order valence-electron chi connectivity index (χ4n) is 1.73. The van der Waals surface area contributed by atoms with Gasteiger partial charge in [0.2, 0.25) is 0 Å². The second-order valence-electron chi connectivity index (χ2n) is 4.17. The van der Waals surface area contributed by atoms with Crippen molar-refractivity contribution >= 4 is 43.5 Å². The molecule has 0 fully saturated rings. The molecular formula is C15H13Br2NO2. The molecule has 5 heteroatoms. The molecule has 0 saturated carbocycles. The van der Waals surface area contributed by atoms with Crippen molar-refractivity contribution in [3.05, 3.63) is 62.5 Å². The van der Waals surface area contributed by atoms with Gasteiger partial charge in [-0.3, -0.25) is 0 Å². The Morgan fingerprint density at radius 2 is 1.95 bits per heavy atom. The summed E-state index contributed by atoms with van der Waals surface area (Å²) >= 11 is 6.92. The van der Waals surface area contributed by atoms with Gasteiger partial charge >= 0.3 is 5.97 Å². The zero-order chi connectivity index (χ0) is 14.5. The number of methoxy groups -OCH3 is 1. The van der Waals surface area contributed by atoms with Crippen LogP contribution in [0.25, 0.3) is 0 Å². The second-order valence-corrected chi connectivity index (χ2v) is 5.88. The van der Waals surface area contributed by atoms with E-state index in [0.717, 1.165) is 20.2 Å². The first-order valence-corrected chi connectivity index (χ1v) is 7.55. The van der Waals surface area contributed by atoms with Crippen LogP contribution >= 0.6 is 31.9 Å². The lowest BCUT2D eigenvalue weighted by atomic mass is 10.2. The standard InChI is InChI=1S/C15H13Br2NO2/c1-20-15(19)11-3-2-4-12(8-11)18-9-10-5-6-13(16)14(17)7-10/h2-8,18H,9H2,1H3. The van der Waals surface area contributed by atoms with Crippen molar-refractivity contribution in [2.45, 2.75) is 6.54 Å². The van der Waals surface area contributed by atoms with Crippen LogP contribution < -0.4 is 5.32 Å². The Morgan fingerprint density at radius 3 is 2.65 bits per heavy atom. The summed E-state index contributed by atoms with van der Waals surface area (Å²) in [5.41, 5.74) is 2.56. The molecule has 0 aliphatic heterocycles. The Hall–Kier alpha value is -1.33. The van der Waals surface area contributed by atoms with Gasteiger partial charge in [-0.25, -0.2) is 4.79 Å². The highest BCUT2D eigenvalue weighted by Gasteiger charge is 2.05. The van der Waals surface area contributed by atoms with Crippen molar-refractivity contribution in [3.8, 4) is 0 Å². The van der Waals surface area contributed by atoms with Crippen LogP contribution in [0.15, 0.2) is 51.4 Å². The maximum absolute atomic E-state index is 11.5. The van der Waals surface area contributed by atoms with E-state index in [0.29, 0.717) is 12.1 Å². The van der Waals surface area contributed by atoms with Crippen LogP contribution in [0.3, 0.4) is 0 Å². The normalized spacial score (nSPS) is 10.2. The first-order valence-electron chi connectivity index (χ1n) is 5.96. The van der Waals surface area contributed by atoms with E-state index >= 15 is 0 Å². The zero-order valence-corrected chi connectivity index (χ0v) is 14.0. The monoisotopic (exact) mass is 397 g/mol. The Morgan fingerprint density at radius 1 is 1.15 bits per heavy atom. The minimum Gasteiger partial charge on any atom is -0.465 e. The third-order valence-corrected chi connectivity index (χ3v) is 4.64. The van der Waals surface area contributed by atoms with Crippen molar-refractivity contribution in [3.63, 3.8) is 0 Å². The van der Waals surface area contributed by atoms with Gasteiger partial charge in [0, 0.05) is 21.2 Å². The van der Waals surface area contributed by atoms with Gasteiger partial charge in [0.05, 0.1) is 12.7 Å². The number of anilines is 1. The summed E-state index contributed by atoms with van der Waals surface area (Å²) in [5.74, 6) is -0.333. The molecule has 0 aromatic heterocycles. The molecule has 0 bridgehead atoms. The number of carbonyl (C=O) groups excluding carboxylic acids is 1. The van der Waals surface area contributed by atoms with Crippen LogP contribution in [-0.4, -0.2) is 13.1 Å². The Labute approximate surface area is 134 Å². The van der Waals surface area contributed by atoms with Crippen molar-refractivity contribution in [2.24, 2.45) is 0 Å². The lowest BCUT2D eigenvalue weighted by Crippen LogP contribution is -2.03. The average molecular weight is 399 g/mol. The number of benzene rings is 2. The molecule has 0 aliphatic rings. The van der Waals surface area contributed by atoms with Crippen molar-refractivity contribution < 1.29 is 9.53 Å². The number of hydrogen-bond acceptors (Lipinski definition) is 3. The molecule has 0 unspecified atom stereocenters. The number of rotatable bonds is 4. The molecule has 0 aliphatic carbocycles. The molecule has 0 spiro atoms. The van der Waals surface area contributed by atoms with Crippen LogP contribution in [0.2, 0.25) is 0 Å². The largest absolute Gasteiger partial charge is 0.465 e. The molecule has 0 saturated heterocycles. The number of halogens is 2. The summed E-state index contributed by atoms with van der Waals surface area (Å²) in [6, 6.07) is 13.3. The van der Waals surface area contributed by atoms with Gasteiger partial charge in [-0.15, -0.1) is 0 Å². The third-order valence-electron chi connectivity index (χ3n) is 2.76. The van der Waals surface area contributed by atoms with E-state index in [1.165, 1.54) is 7.11 Å². The molecule has 2 aromatic carbocycles. The lowest BCUT2D eigenvalue weighted by Gasteiger charge is -2.09. The van der Waals surface area contributed by atoms with Crippen LogP contribution in [0.5, 0.6) is 0 Å². The molecule has 3 nitrogen and oxygen atoms in total. The average Bonchev–Trinajstić information content (AvgIpc) is 2.48. The zero-order valence-electron chi connectivity index (χ0n) is 10.8. The van der Waals surface area contributed by atoms with Gasteiger partial charge in [-0.05, 0) is 67.8 Å². The third kappa shape index (κ3) is 3.84. The van der Waals surface area contributed by atoms with Gasteiger partial charge in [0.25, 0.3) is 0 Å². The number of carbonyl (C=O) groups is 1. The molecule has 0 radical (unpaired) electrons. The van der Waals surface area contributed by atoms with E-state index in [9.17, 15) is 4.79 Å². The summed E-state index contributed by atoms with van der Waals surface area (Å²) in [4.78, 5) is 11.5. The highest BCUT2D eigenvalue weighted by molar-refractivity contribution is 9.13. The molecule has 0 atom stereocenters. The van der Waals surface area contributed by atoms with E-state index in [-0.39, 0.29) is 5.97 Å². The van der Waals surface area contributed by atoms with Gasteiger partial charge in [0.15, 0.2) is 0 Å². The van der Waals surface area contributed by atoms with Crippen molar-refractivity contribution in [1.29, 1.82) is 0 Å². The van der Waals surface area contributed by atoms with Crippen LogP contribution in [0.4, 0.5) is 5.69 Å². The Bertz CT molecular complexity index is 629. The predicted molar refractivity (Wildman–Crippen MR) is 87.0 cm³/mol. The molecule has 2 rings (SSSR count). The van der Waals surface area contributed by atoms with Crippen LogP contribution in [0.1, 0.15) is 15.9 Å². The Balaban J connectivity index is 2.07. The number of esters is 1. The molecule has 2 aromatic rings. The first-order chi connectivity index (χ1) is 9.60. The molecule has 1 N–H and O–H groups in total. The van der Waals surface area contributed by atoms with Crippen molar-refractivity contribution in [1.82, 2.24) is 0 Å². The molecule has 104 valence electrons. The number of ether oxygens (including phenoxy) is 1. The minimum absolute atomic E-state index is 0.333. The maximum atomic E-state index is 11.5. The molecule has 0 amide bonds. The van der Waals surface area contributed by atoms with Crippen LogP contribution in [0, 0.1) is 0 Å².